The Balaban J connectivity index is 1.84. The maximum Gasteiger partial charge on any atom is 0.194 e. The largest absolute Gasteiger partial charge is 0.399 e. The van der Waals surface area contributed by atoms with E-state index in [1.165, 1.54) is 5.56 Å². The Bertz CT molecular complexity index is 948. The Morgan fingerprint density at radius 1 is 1.05 bits per heavy atom. The Labute approximate surface area is 132 Å². The van der Waals surface area contributed by atoms with Crippen LogP contribution in [0.3, 0.4) is 0 Å². The summed E-state index contributed by atoms with van der Waals surface area (Å²) in [5, 5.41) is 2.12. The van der Waals surface area contributed by atoms with Crippen LogP contribution in [0.4, 0.5) is 5.69 Å². The summed E-state index contributed by atoms with van der Waals surface area (Å²) in [6, 6.07) is 16.4. The number of aromatic nitrogens is 2. The molecular formula is C18H15N3S. The van der Waals surface area contributed by atoms with Crippen LogP contribution in [0.1, 0.15) is 5.56 Å². The van der Waals surface area contributed by atoms with Crippen molar-refractivity contribution in [3.05, 3.63) is 65.7 Å². The van der Waals surface area contributed by atoms with E-state index in [2.05, 4.69) is 53.2 Å². The first-order valence-corrected chi connectivity index (χ1v) is 7.98. The topological polar surface area (TPSA) is 43.3 Å². The van der Waals surface area contributed by atoms with Gasteiger partial charge in [-0.15, -0.1) is 11.3 Å². The minimum atomic E-state index is 0.774. The number of thiazole rings is 1. The van der Waals surface area contributed by atoms with Crippen molar-refractivity contribution in [3.63, 3.8) is 0 Å². The van der Waals surface area contributed by atoms with Gasteiger partial charge in [0.05, 0.1) is 11.4 Å². The maximum atomic E-state index is 5.90. The van der Waals surface area contributed by atoms with E-state index >= 15 is 0 Å². The van der Waals surface area contributed by atoms with Gasteiger partial charge in [0.25, 0.3) is 0 Å². The average Bonchev–Trinajstić information content (AvgIpc) is 3.08. The molecule has 22 heavy (non-hydrogen) atoms. The van der Waals surface area contributed by atoms with E-state index < -0.39 is 0 Å². The van der Waals surface area contributed by atoms with Crippen LogP contribution >= 0.6 is 11.3 Å². The lowest BCUT2D eigenvalue weighted by molar-refractivity contribution is 1.24. The minimum absolute atomic E-state index is 0.774. The van der Waals surface area contributed by atoms with Gasteiger partial charge in [-0.3, -0.25) is 4.40 Å². The van der Waals surface area contributed by atoms with Gasteiger partial charge in [0.15, 0.2) is 4.96 Å². The van der Waals surface area contributed by atoms with E-state index in [0.717, 1.165) is 33.2 Å². The predicted octanol–water partition coefficient (Wildman–Crippen LogP) is 4.62. The number of nitrogen functional groups attached to an aromatic ring is 1. The first-order chi connectivity index (χ1) is 10.7. The molecular weight excluding hydrogens is 290 g/mol. The fourth-order valence-electron chi connectivity index (χ4n) is 2.55. The lowest BCUT2D eigenvalue weighted by Crippen LogP contribution is -1.87. The van der Waals surface area contributed by atoms with Crippen LogP contribution in [0.2, 0.25) is 0 Å². The van der Waals surface area contributed by atoms with Crippen LogP contribution in [-0.4, -0.2) is 9.38 Å². The van der Waals surface area contributed by atoms with Crippen molar-refractivity contribution in [2.75, 3.05) is 5.73 Å². The summed E-state index contributed by atoms with van der Waals surface area (Å²) in [6.45, 7) is 2.09. The number of benzene rings is 2. The molecule has 0 atom stereocenters. The van der Waals surface area contributed by atoms with Crippen molar-refractivity contribution >= 4 is 22.0 Å². The number of fused-ring (bicyclic) bond motifs is 1. The van der Waals surface area contributed by atoms with Crippen LogP contribution in [0, 0.1) is 6.92 Å². The third-order valence-corrected chi connectivity index (χ3v) is 4.58. The summed E-state index contributed by atoms with van der Waals surface area (Å²) < 4.78 is 2.13. The van der Waals surface area contributed by atoms with Crippen LogP contribution < -0.4 is 5.73 Å². The molecule has 0 bridgehead atoms. The predicted molar refractivity (Wildman–Crippen MR) is 93.1 cm³/mol. The molecule has 108 valence electrons. The van der Waals surface area contributed by atoms with Crippen molar-refractivity contribution < 1.29 is 0 Å². The number of hydrogen-bond donors (Lipinski definition) is 1. The Kier molecular flexibility index (Phi) is 2.98. The smallest absolute Gasteiger partial charge is 0.194 e. The number of hydrogen-bond acceptors (Lipinski definition) is 3. The lowest BCUT2D eigenvalue weighted by Gasteiger charge is -2.01. The molecule has 0 aliphatic carbocycles. The zero-order chi connectivity index (χ0) is 15.1. The van der Waals surface area contributed by atoms with Gasteiger partial charge in [0.1, 0.15) is 0 Å². The molecule has 0 saturated carbocycles. The van der Waals surface area contributed by atoms with E-state index in [1.807, 2.05) is 18.2 Å². The van der Waals surface area contributed by atoms with Crippen LogP contribution in [0.25, 0.3) is 27.5 Å². The molecule has 0 aliphatic heterocycles. The molecule has 0 unspecified atom stereocenters. The van der Waals surface area contributed by atoms with E-state index in [4.69, 9.17) is 10.7 Å². The highest BCUT2D eigenvalue weighted by atomic mass is 32.1. The van der Waals surface area contributed by atoms with Gasteiger partial charge in [-0.25, -0.2) is 4.98 Å². The van der Waals surface area contributed by atoms with Gasteiger partial charge in [0, 0.05) is 28.4 Å². The number of anilines is 1. The first kappa shape index (κ1) is 13.1. The van der Waals surface area contributed by atoms with Crippen LogP contribution in [0.5, 0.6) is 0 Å². The fourth-order valence-corrected chi connectivity index (χ4v) is 3.44. The number of nitrogens with two attached hydrogens (primary N) is 1. The summed E-state index contributed by atoms with van der Waals surface area (Å²) in [5.41, 5.74) is 12.3. The molecule has 4 aromatic rings. The van der Waals surface area contributed by atoms with Gasteiger partial charge in [-0.05, 0) is 19.1 Å². The molecule has 0 spiro atoms. The summed E-state index contributed by atoms with van der Waals surface area (Å²) >= 11 is 1.64. The minimum Gasteiger partial charge on any atom is -0.399 e. The SMILES string of the molecule is Cc1ccc(-c2cn3c(-c4cccc(N)c4)csc3n2)cc1. The highest BCUT2D eigenvalue weighted by Gasteiger charge is 2.11. The van der Waals surface area contributed by atoms with Crippen LogP contribution in [0.15, 0.2) is 60.1 Å². The van der Waals surface area contributed by atoms with E-state index in [1.54, 1.807) is 11.3 Å². The zero-order valence-corrected chi connectivity index (χ0v) is 13.0. The lowest BCUT2D eigenvalue weighted by atomic mass is 10.1. The molecule has 2 aromatic carbocycles. The normalized spacial score (nSPS) is 11.1. The van der Waals surface area contributed by atoms with Crippen molar-refractivity contribution in [1.29, 1.82) is 0 Å². The molecule has 2 heterocycles. The van der Waals surface area contributed by atoms with Gasteiger partial charge >= 0.3 is 0 Å². The number of nitrogens with zero attached hydrogens (tertiary/aromatic N) is 2. The third kappa shape index (κ3) is 2.18. The summed E-state index contributed by atoms with van der Waals surface area (Å²) in [5.74, 6) is 0. The van der Waals surface area contributed by atoms with E-state index in [0.29, 0.717) is 0 Å². The van der Waals surface area contributed by atoms with Crippen molar-refractivity contribution in [3.8, 4) is 22.5 Å². The monoisotopic (exact) mass is 305 g/mol. The van der Waals surface area contributed by atoms with Gasteiger partial charge in [0.2, 0.25) is 0 Å². The Morgan fingerprint density at radius 2 is 1.86 bits per heavy atom. The summed E-state index contributed by atoms with van der Waals surface area (Å²) in [6.07, 6.45) is 2.09. The highest BCUT2D eigenvalue weighted by Crippen LogP contribution is 2.30. The van der Waals surface area contributed by atoms with Gasteiger partial charge in [-0.1, -0.05) is 42.0 Å². The van der Waals surface area contributed by atoms with Crippen LogP contribution in [-0.2, 0) is 0 Å². The molecule has 4 heteroatoms. The van der Waals surface area contributed by atoms with E-state index in [9.17, 15) is 0 Å². The second-order valence-electron chi connectivity index (χ2n) is 5.39. The average molecular weight is 305 g/mol. The number of aryl methyl sites for hydroxylation is 1. The second-order valence-corrected chi connectivity index (χ2v) is 6.23. The van der Waals surface area contributed by atoms with Crippen molar-refractivity contribution in [2.24, 2.45) is 0 Å². The Hall–Kier alpha value is -2.59. The standard InChI is InChI=1S/C18H15N3S/c1-12-5-7-13(8-6-12)16-10-21-17(11-22-18(21)20-16)14-3-2-4-15(19)9-14/h2-11H,19H2,1H3. The van der Waals surface area contributed by atoms with E-state index in [-0.39, 0.29) is 0 Å². The molecule has 0 amide bonds. The molecule has 0 radical (unpaired) electrons. The molecule has 0 saturated heterocycles. The molecule has 0 fully saturated rings. The second kappa shape index (κ2) is 5.00. The first-order valence-electron chi connectivity index (χ1n) is 7.10. The number of imidazole rings is 1. The third-order valence-electron chi connectivity index (χ3n) is 3.74. The van der Waals surface area contributed by atoms with Gasteiger partial charge < -0.3 is 5.73 Å². The van der Waals surface area contributed by atoms with Crippen molar-refractivity contribution in [2.45, 2.75) is 6.92 Å². The highest BCUT2D eigenvalue weighted by molar-refractivity contribution is 7.15. The number of rotatable bonds is 2. The maximum absolute atomic E-state index is 5.90. The molecule has 2 aromatic heterocycles. The molecule has 2 N–H and O–H groups in total. The summed E-state index contributed by atoms with van der Waals surface area (Å²) in [4.78, 5) is 5.72. The summed E-state index contributed by atoms with van der Waals surface area (Å²) in [7, 11) is 0. The molecule has 3 nitrogen and oxygen atoms in total. The Morgan fingerprint density at radius 3 is 2.64 bits per heavy atom. The van der Waals surface area contributed by atoms with Gasteiger partial charge in [-0.2, -0.15) is 0 Å². The molecule has 4 rings (SSSR count). The van der Waals surface area contributed by atoms with Crippen molar-refractivity contribution in [1.82, 2.24) is 9.38 Å². The quantitative estimate of drug-likeness (QED) is 0.549. The zero-order valence-electron chi connectivity index (χ0n) is 12.2. The fraction of sp³-hybridized carbons (Fsp3) is 0.0556. The molecule has 0 aliphatic rings.